The van der Waals surface area contributed by atoms with Crippen molar-refractivity contribution in [2.75, 3.05) is 5.32 Å². The van der Waals surface area contributed by atoms with Gasteiger partial charge in [0.05, 0.1) is 12.1 Å². The molecule has 24 heavy (non-hydrogen) atoms. The number of halogens is 1. The second-order valence-electron chi connectivity index (χ2n) is 4.82. The van der Waals surface area contributed by atoms with E-state index in [2.05, 4.69) is 15.5 Å². The topological polar surface area (TPSA) is 111 Å². The van der Waals surface area contributed by atoms with Gasteiger partial charge in [-0.15, -0.1) is 11.3 Å². The SMILES string of the molecule is NC(=O)Cc1csc(NC(=O)c2cc(-c3ccc(Cl)cc3)on2)n1. The van der Waals surface area contributed by atoms with Crippen LogP contribution < -0.4 is 11.1 Å². The van der Waals surface area contributed by atoms with Gasteiger partial charge in [-0.1, -0.05) is 16.8 Å². The van der Waals surface area contributed by atoms with Crippen molar-refractivity contribution in [3.8, 4) is 11.3 Å². The number of benzene rings is 1. The van der Waals surface area contributed by atoms with Crippen LogP contribution in [-0.4, -0.2) is 22.0 Å². The number of nitrogens with one attached hydrogen (secondary N) is 1. The summed E-state index contributed by atoms with van der Waals surface area (Å²) < 4.78 is 5.18. The van der Waals surface area contributed by atoms with E-state index in [1.165, 1.54) is 17.4 Å². The van der Waals surface area contributed by atoms with Gasteiger partial charge in [-0.25, -0.2) is 4.98 Å². The zero-order chi connectivity index (χ0) is 17.1. The lowest BCUT2D eigenvalue weighted by Gasteiger charge is -1.96. The molecule has 0 aliphatic rings. The van der Waals surface area contributed by atoms with Crippen molar-refractivity contribution < 1.29 is 14.1 Å². The van der Waals surface area contributed by atoms with Crippen molar-refractivity contribution in [3.05, 3.63) is 52.1 Å². The molecule has 0 aliphatic heterocycles. The first-order valence-corrected chi connectivity index (χ1v) is 8.04. The lowest BCUT2D eigenvalue weighted by Crippen LogP contribution is -2.14. The average Bonchev–Trinajstić information content (AvgIpc) is 3.17. The third-order valence-corrected chi connectivity index (χ3v) is 4.06. The van der Waals surface area contributed by atoms with E-state index >= 15 is 0 Å². The highest BCUT2D eigenvalue weighted by atomic mass is 35.5. The van der Waals surface area contributed by atoms with E-state index in [1.807, 2.05) is 0 Å². The molecular formula is C15H11ClN4O3S. The Morgan fingerprint density at radius 2 is 2.04 bits per heavy atom. The molecule has 7 nitrogen and oxygen atoms in total. The number of amides is 2. The summed E-state index contributed by atoms with van der Waals surface area (Å²) in [5.41, 5.74) is 6.48. The van der Waals surface area contributed by atoms with Gasteiger partial charge in [0.2, 0.25) is 5.91 Å². The van der Waals surface area contributed by atoms with Gasteiger partial charge < -0.3 is 10.3 Å². The van der Waals surface area contributed by atoms with Crippen molar-refractivity contribution in [1.82, 2.24) is 10.1 Å². The number of aromatic nitrogens is 2. The molecule has 3 aromatic rings. The molecule has 3 N–H and O–H groups in total. The zero-order valence-electron chi connectivity index (χ0n) is 12.2. The Morgan fingerprint density at radius 1 is 1.29 bits per heavy atom. The average molecular weight is 363 g/mol. The van der Waals surface area contributed by atoms with E-state index in [4.69, 9.17) is 21.9 Å². The fourth-order valence-electron chi connectivity index (χ4n) is 1.92. The monoisotopic (exact) mass is 362 g/mol. The summed E-state index contributed by atoms with van der Waals surface area (Å²) in [6, 6.07) is 8.49. The first-order chi connectivity index (χ1) is 11.5. The van der Waals surface area contributed by atoms with Gasteiger partial charge in [0.25, 0.3) is 5.91 Å². The molecule has 9 heteroatoms. The number of carbonyl (C=O) groups is 2. The first kappa shape index (κ1) is 16.2. The Balaban J connectivity index is 1.70. The smallest absolute Gasteiger partial charge is 0.279 e. The minimum atomic E-state index is -0.484. The third-order valence-electron chi connectivity index (χ3n) is 3.00. The van der Waals surface area contributed by atoms with E-state index in [0.29, 0.717) is 21.6 Å². The molecular weight excluding hydrogens is 352 g/mol. The zero-order valence-corrected chi connectivity index (χ0v) is 13.7. The van der Waals surface area contributed by atoms with Gasteiger partial charge in [0.1, 0.15) is 0 Å². The van der Waals surface area contributed by atoms with Crippen molar-refractivity contribution in [2.45, 2.75) is 6.42 Å². The van der Waals surface area contributed by atoms with Crippen molar-refractivity contribution in [3.63, 3.8) is 0 Å². The van der Waals surface area contributed by atoms with Gasteiger partial charge in [-0.05, 0) is 24.3 Å². The standard InChI is InChI=1S/C15H11ClN4O3S/c16-9-3-1-8(2-4-9)12-6-11(20-23-12)14(22)19-15-18-10(7-24-15)5-13(17)21/h1-4,6-7H,5H2,(H2,17,21)(H,18,19,22). The van der Waals surface area contributed by atoms with Gasteiger partial charge in [0, 0.05) is 22.0 Å². The highest BCUT2D eigenvalue weighted by Crippen LogP contribution is 2.23. The normalized spacial score (nSPS) is 10.5. The molecule has 2 heterocycles. The summed E-state index contributed by atoms with van der Waals surface area (Å²) in [6.45, 7) is 0. The molecule has 0 bridgehead atoms. The fraction of sp³-hybridized carbons (Fsp3) is 0.0667. The molecule has 0 saturated heterocycles. The molecule has 0 fully saturated rings. The van der Waals surface area contributed by atoms with Crippen LogP contribution >= 0.6 is 22.9 Å². The maximum absolute atomic E-state index is 12.2. The van der Waals surface area contributed by atoms with E-state index < -0.39 is 11.8 Å². The van der Waals surface area contributed by atoms with E-state index in [1.54, 1.807) is 29.6 Å². The lowest BCUT2D eigenvalue weighted by molar-refractivity contribution is -0.117. The van der Waals surface area contributed by atoms with E-state index in [9.17, 15) is 9.59 Å². The largest absolute Gasteiger partial charge is 0.369 e. The van der Waals surface area contributed by atoms with Crippen LogP contribution in [0.4, 0.5) is 5.13 Å². The Bertz CT molecular complexity index is 888. The molecule has 3 rings (SSSR count). The molecule has 0 unspecified atom stereocenters. The Morgan fingerprint density at radius 3 is 2.75 bits per heavy atom. The highest BCUT2D eigenvalue weighted by molar-refractivity contribution is 7.14. The number of rotatable bonds is 5. The fourth-order valence-corrected chi connectivity index (χ4v) is 2.75. The van der Waals surface area contributed by atoms with Crippen molar-refractivity contribution in [2.24, 2.45) is 5.73 Å². The lowest BCUT2D eigenvalue weighted by atomic mass is 10.1. The number of primary amides is 1. The van der Waals surface area contributed by atoms with Crippen molar-refractivity contribution >= 4 is 39.9 Å². The number of nitrogens with zero attached hydrogens (tertiary/aromatic N) is 2. The van der Waals surface area contributed by atoms with Crippen LogP contribution in [0, 0.1) is 0 Å². The molecule has 0 saturated carbocycles. The molecule has 0 spiro atoms. The van der Waals surface area contributed by atoms with Crippen LogP contribution in [0.25, 0.3) is 11.3 Å². The quantitative estimate of drug-likeness (QED) is 0.724. The maximum Gasteiger partial charge on any atom is 0.279 e. The predicted octanol–water partition coefficient (Wildman–Crippen LogP) is 2.73. The first-order valence-electron chi connectivity index (χ1n) is 6.78. The highest BCUT2D eigenvalue weighted by Gasteiger charge is 2.15. The second-order valence-corrected chi connectivity index (χ2v) is 6.12. The number of hydrogen-bond acceptors (Lipinski definition) is 6. The van der Waals surface area contributed by atoms with Crippen LogP contribution in [-0.2, 0) is 11.2 Å². The summed E-state index contributed by atoms with van der Waals surface area (Å²) in [6.07, 6.45) is 0.0248. The number of carbonyl (C=O) groups excluding carboxylic acids is 2. The van der Waals surface area contributed by atoms with Crippen LogP contribution in [0.5, 0.6) is 0 Å². The van der Waals surface area contributed by atoms with E-state index in [-0.39, 0.29) is 12.1 Å². The van der Waals surface area contributed by atoms with Gasteiger partial charge in [0.15, 0.2) is 16.6 Å². The van der Waals surface area contributed by atoms with Crippen LogP contribution in [0.3, 0.4) is 0 Å². The minimum absolute atomic E-state index is 0.0248. The summed E-state index contributed by atoms with van der Waals surface area (Å²) >= 11 is 7.03. The molecule has 1 aromatic carbocycles. The molecule has 2 amide bonds. The van der Waals surface area contributed by atoms with Crippen molar-refractivity contribution in [1.29, 1.82) is 0 Å². The van der Waals surface area contributed by atoms with Gasteiger partial charge >= 0.3 is 0 Å². The molecule has 122 valence electrons. The molecule has 2 aromatic heterocycles. The number of anilines is 1. The van der Waals surface area contributed by atoms with E-state index in [0.717, 1.165) is 5.56 Å². The third kappa shape index (κ3) is 3.79. The number of thiazole rings is 1. The van der Waals surface area contributed by atoms with Crippen LogP contribution in [0.2, 0.25) is 5.02 Å². The Labute approximate surface area is 145 Å². The molecule has 0 radical (unpaired) electrons. The summed E-state index contributed by atoms with van der Waals surface area (Å²) in [4.78, 5) is 27.1. The minimum Gasteiger partial charge on any atom is -0.369 e. The number of nitrogens with two attached hydrogens (primary N) is 1. The summed E-state index contributed by atoms with van der Waals surface area (Å²) in [5, 5.41) is 8.96. The predicted molar refractivity (Wildman–Crippen MR) is 89.9 cm³/mol. The summed E-state index contributed by atoms with van der Waals surface area (Å²) in [5.74, 6) is -0.494. The summed E-state index contributed by atoms with van der Waals surface area (Å²) in [7, 11) is 0. The Kier molecular flexibility index (Phi) is 4.59. The van der Waals surface area contributed by atoms with Crippen LogP contribution in [0.15, 0.2) is 40.2 Å². The van der Waals surface area contributed by atoms with Gasteiger partial charge in [-0.3, -0.25) is 14.9 Å². The van der Waals surface area contributed by atoms with Crippen LogP contribution in [0.1, 0.15) is 16.2 Å². The molecule has 0 aliphatic carbocycles. The van der Waals surface area contributed by atoms with Gasteiger partial charge in [-0.2, -0.15) is 0 Å². The maximum atomic E-state index is 12.2. The Hall–Kier alpha value is -2.71. The number of hydrogen-bond donors (Lipinski definition) is 2. The second kappa shape index (κ2) is 6.81. The molecule has 0 atom stereocenters.